The van der Waals surface area contributed by atoms with Crippen LogP contribution >= 0.6 is 0 Å². The maximum atomic E-state index is 13.1. The fourth-order valence-corrected chi connectivity index (χ4v) is 5.12. The summed E-state index contributed by atoms with van der Waals surface area (Å²) in [5, 5.41) is 8.89. The molecular weight excluding hydrogens is 438 g/mol. The van der Waals surface area contributed by atoms with E-state index >= 15 is 0 Å². The number of aryl methyl sites for hydroxylation is 2. The number of carbonyl (C=O) groups is 1. The molecule has 33 heavy (non-hydrogen) atoms. The molecule has 1 amide bonds. The summed E-state index contributed by atoms with van der Waals surface area (Å²) in [4.78, 5) is 18.8. The van der Waals surface area contributed by atoms with Gasteiger partial charge in [0, 0.05) is 31.9 Å². The SMILES string of the molecule is Cc1ccc(C(=O)N2CCC(c3ccc(C#N)cc3)CC2)cc1NS(=O)(=O)c1cn(C)cn1. The number of aromatic nitrogens is 2. The lowest BCUT2D eigenvalue weighted by molar-refractivity contribution is 0.0713. The number of sulfonamides is 1. The van der Waals surface area contributed by atoms with Gasteiger partial charge in [-0.2, -0.15) is 13.7 Å². The first-order valence-corrected chi connectivity index (χ1v) is 12.2. The average molecular weight is 464 g/mol. The molecule has 1 saturated heterocycles. The predicted molar refractivity (Wildman–Crippen MR) is 124 cm³/mol. The van der Waals surface area contributed by atoms with Crippen LogP contribution in [0, 0.1) is 18.3 Å². The number of hydrogen-bond donors (Lipinski definition) is 1. The highest BCUT2D eigenvalue weighted by Gasteiger charge is 2.25. The highest BCUT2D eigenvalue weighted by atomic mass is 32.2. The summed E-state index contributed by atoms with van der Waals surface area (Å²) in [6.07, 6.45) is 4.51. The van der Waals surface area contributed by atoms with Crippen LogP contribution in [-0.4, -0.2) is 41.9 Å². The smallest absolute Gasteiger partial charge is 0.280 e. The van der Waals surface area contributed by atoms with Gasteiger partial charge in [-0.05, 0) is 61.1 Å². The standard InChI is InChI=1S/C24H25N5O3S/c1-17-3-6-21(13-22(17)27-33(31,32)23-15-28(2)16-26-23)24(30)29-11-9-20(10-12-29)19-7-4-18(14-25)5-8-19/h3-8,13,15-16,20,27H,9-12H2,1-2H3. The molecule has 0 radical (unpaired) electrons. The monoisotopic (exact) mass is 463 g/mol. The molecule has 1 fully saturated rings. The Morgan fingerprint density at radius 3 is 2.45 bits per heavy atom. The van der Waals surface area contributed by atoms with Crippen LogP contribution in [-0.2, 0) is 17.1 Å². The summed E-state index contributed by atoms with van der Waals surface area (Å²) in [5.41, 5.74) is 3.34. The molecule has 0 bridgehead atoms. The minimum Gasteiger partial charge on any atom is -0.339 e. The number of carbonyl (C=O) groups excluding carboxylic acids is 1. The minimum atomic E-state index is -3.85. The second kappa shape index (κ2) is 9.08. The topological polar surface area (TPSA) is 108 Å². The van der Waals surface area contributed by atoms with Gasteiger partial charge in [-0.3, -0.25) is 9.52 Å². The molecule has 1 aliphatic heterocycles. The third-order valence-corrected chi connectivity index (χ3v) is 7.23. The Bertz CT molecular complexity index is 1310. The van der Waals surface area contributed by atoms with Gasteiger partial charge >= 0.3 is 0 Å². The molecule has 4 rings (SSSR count). The van der Waals surface area contributed by atoms with Crippen molar-refractivity contribution < 1.29 is 13.2 Å². The fraction of sp³-hybridized carbons (Fsp3) is 0.292. The third-order valence-electron chi connectivity index (χ3n) is 5.98. The van der Waals surface area contributed by atoms with Gasteiger partial charge in [0.1, 0.15) is 0 Å². The molecule has 0 spiro atoms. The van der Waals surface area contributed by atoms with Crippen molar-refractivity contribution in [3.8, 4) is 6.07 Å². The van der Waals surface area contributed by atoms with Gasteiger partial charge in [-0.25, -0.2) is 4.98 Å². The number of imidazole rings is 1. The lowest BCUT2D eigenvalue weighted by Crippen LogP contribution is -2.38. The van der Waals surface area contributed by atoms with E-state index in [0.29, 0.717) is 41.4 Å². The van der Waals surface area contributed by atoms with Crippen LogP contribution in [0.2, 0.25) is 0 Å². The summed E-state index contributed by atoms with van der Waals surface area (Å²) < 4.78 is 29.4. The van der Waals surface area contributed by atoms with Crippen molar-refractivity contribution in [3.05, 3.63) is 77.2 Å². The highest BCUT2D eigenvalue weighted by Crippen LogP contribution is 2.29. The van der Waals surface area contributed by atoms with E-state index in [2.05, 4.69) is 15.8 Å². The minimum absolute atomic E-state index is 0.0778. The molecule has 8 nitrogen and oxygen atoms in total. The number of piperidine rings is 1. The Morgan fingerprint density at radius 2 is 1.85 bits per heavy atom. The van der Waals surface area contributed by atoms with E-state index in [1.54, 1.807) is 36.7 Å². The third kappa shape index (κ3) is 4.91. The number of benzene rings is 2. The molecule has 2 aromatic carbocycles. The number of amides is 1. The molecule has 3 aromatic rings. The first kappa shape index (κ1) is 22.6. The second-order valence-electron chi connectivity index (χ2n) is 8.31. The molecule has 0 saturated carbocycles. The lowest BCUT2D eigenvalue weighted by Gasteiger charge is -2.32. The van der Waals surface area contributed by atoms with Gasteiger partial charge in [0.2, 0.25) is 0 Å². The van der Waals surface area contributed by atoms with Gasteiger partial charge < -0.3 is 9.47 Å². The maximum absolute atomic E-state index is 13.1. The largest absolute Gasteiger partial charge is 0.339 e. The summed E-state index contributed by atoms with van der Waals surface area (Å²) in [7, 11) is -2.16. The Morgan fingerprint density at radius 1 is 1.15 bits per heavy atom. The molecule has 2 heterocycles. The maximum Gasteiger partial charge on any atom is 0.280 e. The van der Waals surface area contributed by atoms with Gasteiger partial charge in [-0.15, -0.1) is 0 Å². The van der Waals surface area contributed by atoms with Gasteiger partial charge in [0.25, 0.3) is 15.9 Å². The van der Waals surface area contributed by atoms with Crippen LogP contribution in [0.15, 0.2) is 60.0 Å². The van der Waals surface area contributed by atoms with Crippen LogP contribution < -0.4 is 4.72 Å². The molecule has 1 N–H and O–H groups in total. The van der Waals surface area contributed by atoms with Crippen molar-refractivity contribution in [1.82, 2.24) is 14.5 Å². The van der Waals surface area contributed by atoms with E-state index in [1.807, 2.05) is 29.2 Å². The van der Waals surface area contributed by atoms with E-state index in [9.17, 15) is 13.2 Å². The molecular formula is C24H25N5O3S. The van der Waals surface area contributed by atoms with Crippen molar-refractivity contribution in [2.45, 2.75) is 30.7 Å². The molecule has 9 heteroatoms. The van der Waals surface area contributed by atoms with Crippen LogP contribution in [0.25, 0.3) is 0 Å². The predicted octanol–water partition coefficient (Wildman–Crippen LogP) is 3.42. The van der Waals surface area contributed by atoms with Crippen molar-refractivity contribution in [2.24, 2.45) is 7.05 Å². The van der Waals surface area contributed by atoms with Gasteiger partial charge in [0.05, 0.1) is 23.6 Å². The van der Waals surface area contributed by atoms with Crippen LogP contribution in [0.1, 0.15) is 45.8 Å². The number of hydrogen-bond acceptors (Lipinski definition) is 5. The first-order chi connectivity index (χ1) is 15.8. The van der Waals surface area contributed by atoms with E-state index in [0.717, 1.165) is 12.8 Å². The molecule has 1 aromatic heterocycles. The fourth-order valence-electron chi connectivity index (χ4n) is 4.02. The number of nitriles is 1. The number of anilines is 1. The summed E-state index contributed by atoms with van der Waals surface area (Å²) >= 11 is 0. The van der Waals surface area contributed by atoms with Crippen molar-refractivity contribution >= 4 is 21.6 Å². The molecule has 1 aliphatic rings. The van der Waals surface area contributed by atoms with Gasteiger partial charge in [-0.1, -0.05) is 18.2 Å². The van der Waals surface area contributed by atoms with E-state index in [4.69, 9.17) is 5.26 Å². The number of rotatable bonds is 5. The van der Waals surface area contributed by atoms with Crippen LogP contribution in [0.3, 0.4) is 0 Å². The second-order valence-corrected chi connectivity index (χ2v) is 9.94. The first-order valence-electron chi connectivity index (χ1n) is 10.7. The zero-order chi connectivity index (χ0) is 23.6. The summed E-state index contributed by atoms with van der Waals surface area (Å²) in [6.45, 7) is 3.02. The Labute approximate surface area is 193 Å². The van der Waals surface area contributed by atoms with E-state index in [-0.39, 0.29) is 10.9 Å². The normalized spacial score (nSPS) is 14.6. The zero-order valence-electron chi connectivity index (χ0n) is 18.5. The molecule has 0 aliphatic carbocycles. The highest BCUT2D eigenvalue weighted by molar-refractivity contribution is 7.92. The van der Waals surface area contributed by atoms with Crippen LogP contribution in [0.5, 0.6) is 0 Å². The van der Waals surface area contributed by atoms with Crippen molar-refractivity contribution in [2.75, 3.05) is 17.8 Å². The summed E-state index contributed by atoms with van der Waals surface area (Å²) in [5.74, 6) is 0.229. The van der Waals surface area contributed by atoms with Crippen molar-refractivity contribution in [1.29, 1.82) is 5.26 Å². The molecule has 170 valence electrons. The van der Waals surface area contributed by atoms with Crippen LogP contribution in [0.4, 0.5) is 5.69 Å². The Balaban J connectivity index is 1.45. The number of likely N-dealkylation sites (tertiary alicyclic amines) is 1. The number of nitrogens with one attached hydrogen (secondary N) is 1. The number of nitrogens with zero attached hydrogens (tertiary/aromatic N) is 4. The zero-order valence-corrected chi connectivity index (χ0v) is 19.3. The van der Waals surface area contributed by atoms with E-state index in [1.165, 1.54) is 18.1 Å². The quantitative estimate of drug-likeness (QED) is 0.624. The summed E-state index contributed by atoms with van der Waals surface area (Å²) in [6, 6.07) is 14.8. The lowest BCUT2D eigenvalue weighted by atomic mass is 9.89. The average Bonchev–Trinajstić information content (AvgIpc) is 3.27. The van der Waals surface area contributed by atoms with Gasteiger partial charge in [0.15, 0.2) is 5.03 Å². The van der Waals surface area contributed by atoms with E-state index < -0.39 is 10.0 Å². The Hall–Kier alpha value is -3.64. The van der Waals surface area contributed by atoms with Crippen molar-refractivity contribution in [3.63, 3.8) is 0 Å². The molecule has 0 atom stereocenters. The Kier molecular flexibility index (Phi) is 6.20. The molecule has 0 unspecified atom stereocenters.